The van der Waals surface area contributed by atoms with Crippen LogP contribution in [0.2, 0.25) is 0 Å². The van der Waals surface area contributed by atoms with Gasteiger partial charge in [-0.2, -0.15) is 0 Å². The van der Waals surface area contributed by atoms with Gasteiger partial charge in [-0.1, -0.05) is 293 Å². The number of hydrogen-bond acceptors (Lipinski definition) is 15. The average Bonchev–Trinajstić information content (AvgIpc) is 0.898. The number of rotatable bonds is 78. The van der Waals surface area contributed by atoms with Gasteiger partial charge >= 0.3 is 39.5 Å². The molecule has 0 aromatic rings. The minimum Gasteiger partial charge on any atom is -0.462 e. The van der Waals surface area contributed by atoms with Crippen LogP contribution in [0.1, 0.15) is 310 Å². The van der Waals surface area contributed by atoms with Gasteiger partial charge in [-0.3, -0.25) is 37.3 Å². The largest absolute Gasteiger partial charge is 0.472 e. The summed E-state index contributed by atoms with van der Waals surface area (Å²) in [5, 5.41) is 10.7. The molecule has 0 fully saturated rings. The van der Waals surface area contributed by atoms with Crippen molar-refractivity contribution in [3.05, 3.63) is 194 Å². The van der Waals surface area contributed by atoms with Crippen molar-refractivity contribution in [1.29, 1.82) is 0 Å². The Morgan fingerprint density at radius 3 is 0.741 bits per heavy atom. The minimum absolute atomic E-state index is 0.0270. The zero-order valence-electron chi connectivity index (χ0n) is 69.5. The molecule has 634 valence electrons. The fourth-order valence-corrected chi connectivity index (χ4v) is 12.2. The second kappa shape index (κ2) is 82.9. The smallest absolute Gasteiger partial charge is 0.462 e. The zero-order chi connectivity index (χ0) is 81.7. The third-order valence-corrected chi connectivity index (χ3v) is 18.9. The van der Waals surface area contributed by atoms with Crippen LogP contribution >= 0.6 is 15.6 Å². The highest BCUT2D eigenvalue weighted by atomic mass is 31.2. The number of hydrogen-bond donors (Lipinski definition) is 3. The topological polar surface area (TPSA) is 237 Å². The van der Waals surface area contributed by atoms with E-state index in [0.717, 1.165) is 205 Å². The molecule has 0 rings (SSSR count). The van der Waals surface area contributed by atoms with E-state index < -0.39 is 97.5 Å². The Kier molecular flexibility index (Phi) is 78.4. The molecule has 5 atom stereocenters. The van der Waals surface area contributed by atoms with E-state index in [4.69, 9.17) is 37.0 Å². The number of aliphatic hydroxyl groups excluding tert-OH is 1. The predicted octanol–water partition coefficient (Wildman–Crippen LogP) is 25.7. The van der Waals surface area contributed by atoms with Crippen molar-refractivity contribution in [3.8, 4) is 0 Å². The minimum atomic E-state index is -5.01. The molecule has 0 radical (unpaired) electrons. The van der Waals surface area contributed by atoms with Crippen molar-refractivity contribution in [1.82, 2.24) is 0 Å². The van der Waals surface area contributed by atoms with E-state index in [0.29, 0.717) is 32.1 Å². The molecule has 112 heavy (non-hydrogen) atoms. The first-order valence-electron chi connectivity index (χ1n) is 42.7. The number of esters is 4. The number of allylic oxidation sites excluding steroid dienone is 32. The summed E-state index contributed by atoms with van der Waals surface area (Å²) in [5.74, 6) is -2.30. The maximum absolute atomic E-state index is 13.2. The Morgan fingerprint density at radius 2 is 0.464 bits per heavy atom. The van der Waals surface area contributed by atoms with E-state index in [1.165, 1.54) is 19.3 Å². The van der Waals surface area contributed by atoms with E-state index in [1.54, 1.807) is 0 Å². The van der Waals surface area contributed by atoms with Gasteiger partial charge in [0, 0.05) is 25.7 Å². The lowest BCUT2D eigenvalue weighted by Gasteiger charge is -2.21. The number of carbonyl (C=O) groups is 4. The van der Waals surface area contributed by atoms with Crippen LogP contribution in [-0.2, 0) is 65.4 Å². The molecule has 3 N–H and O–H groups in total. The Morgan fingerprint density at radius 1 is 0.259 bits per heavy atom. The summed E-state index contributed by atoms with van der Waals surface area (Å²) in [6.07, 6.45) is 102. The molecule has 0 spiro atoms. The van der Waals surface area contributed by atoms with E-state index >= 15 is 0 Å². The Bertz CT molecular complexity index is 2890. The van der Waals surface area contributed by atoms with E-state index in [2.05, 4.69) is 222 Å². The first-order chi connectivity index (χ1) is 54.7. The quantitative estimate of drug-likeness (QED) is 0.0169. The Balaban J connectivity index is 5.49. The summed E-state index contributed by atoms with van der Waals surface area (Å²) < 4.78 is 68.7. The zero-order valence-corrected chi connectivity index (χ0v) is 71.3. The number of phosphoric ester groups is 2. The van der Waals surface area contributed by atoms with Gasteiger partial charge in [0.15, 0.2) is 12.2 Å². The van der Waals surface area contributed by atoms with Gasteiger partial charge < -0.3 is 33.8 Å². The first kappa shape index (κ1) is 106. The van der Waals surface area contributed by atoms with Gasteiger partial charge in [-0.05, 0) is 186 Å². The van der Waals surface area contributed by atoms with Gasteiger partial charge in [0.2, 0.25) is 0 Å². The summed E-state index contributed by atoms with van der Waals surface area (Å²) in [7, 11) is -10.0. The summed E-state index contributed by atoms with van der Waals surface area (Å²) in [6.45, 7) is 4.39. The van der Waals surface area contributed by atoms with Crippen molar-refractivity contribution in [2.75, 3.05) is 39.6 Å². The second-order valence-corrected chi connectivity index (χ2v) is 30.5. The highest BCUT2D eigenvalue weighted by molar-refractivity contribution is 7.47. The highest BCUT2D eigenvalue weighted by Crippen LogP contribution is 2.45. The monoisotopic (exact) mass is 1600 g/mol. The first-order valence-corrected chi connectivity index (χ1v) is 45.7. The van der Waals surface area contributed by atoms with Crippen LogP contribution in [0.5, 0.6) is 0 Å². The average molecular weight is 1600 g/mol. The second-order valence-electron chi connectivity index (χ2n) is 27.6. The molecule has 0 bridgehead atoms. The van der Waals surface area contributed by atoms with Gasteiger partial charge in [0.05, 0.1) is 26.4 Å². The lowest BCUT2D eigenvalue weighted by molar-refractivity contribution is -0.161. The molecule has 0 amide bonds. The fraction of sp³-hybridized carbons (Fsp3) is 0.613. The maximum Gasteiger partial charge on any atom is 0.472 e. The molecular formula is C93H150O17P2. The van der Waals surface area contributed by atoms with Crippen molar-refractivity contribution in [3.63, 3.8) is 0 Å². The molecule has 0 saturated carbocycles. The van der Waals surface area contributed by atoms with Crippen LogP contribution in [0.15, 0.2) is 194 Å². The number of phosphoric acid groups is 2. The number of unbranched alkanes of at least 4 members (excludes halogenated alkanes) is 20. The number of aliphatic hydroxyl groups is 1. The lowest BCUT2D eigenvalue weighted by atomic mass is 10.1. The molecule has 17 nitrogen and oxygen atoms in total. The summed E-state index contributed by atoms with van der Waals surface area (Å²) in [6, 6.07) is 0. The molecular weight excluding hydrogens is 1450 g/mol. The van der Waals surface area contributed by atoms with Gasteiger partial charge in [-0.15, -0.1) is 0 Å². The number of carbonyl (C=O) groups excluding carboxylic acids is 4. The van der Waals surface area contributed by atoms with Gasteiger partial charge in [0.1, 0.15) is 19.3 Å². The van der Waals surface area contributed by atoms with Crippen LogP contribution in [0.4, 0.5) is 0 Å². The van der Waals surface area contributed by atoms with Gasteiger partial charge in [0.25, 0.3) is 0 Å². The molecule has 0 aliphatic heterocycles. The van der Waals surface area contributed by atoms with Crippen LogP contribution in [0.25, 0.3) is 0 Å². The van der Waals surface area contributed by atoms with Crippen molar-refractivity contribution < 1.29 is 80.2 Å². The fourth-order valence-electron chi connectivity index (χ4n) is 10.6. The van der Waals surface area contributed by atoms with Crippen molar-refractivity contribution in [2.45, 2.75) is 329 Å². The molecule has 0 aromatic heterocycles. The van der Waals surface area contributed by atoms with Gasteiger partial charge in [-0.25, -0.2) is 9.13 Å². The third kappa shape index (κ3) is 81.9. The standard InChI is InChI=1S/C93H150O17P2/c1-5-9-13-17-21-25-29-33-37-40-43-46-50-53-57-61-65-69-73-77-90(95)103-83-88(109-92(97)79-75-71-67-63-59-55-49-36-32-28-24-20-16-12-8-4)85-107-111(99,100)105-81-87(94)82-106-112(101,102)108-86-89(110-93(98)80-76-72-68-64-60-56-52-48-45-42-39-35-31-27-23-19-15-11-7-3)84-104-91(96)78-74-70-66-62-58-54-51-47-44-41-38-34-30-26-22-18-14-10-6-2/h9-10,12-14,16,21-28,33-39,43-49,53,57,59,63,87-89,94H,5-8,11,15,17-20,29-32,40-42,50-52,54-56,58,60-62,64-86H2,1-4H3,(H,99,100)(H,101,102)/b13-9-,14-10-,16-12-,25-21-,26-22-,27-23-,28-24-,37-33-,38-34-,39-35-,46-43-,47-44-,48-45-,49-36-,57-53-,63-59-. The molecule has 0 heterocycles. The molecule has 0 saturated heterocycles. The highest BCUT2D eigenvalue weighted by Gasteiger charge is 2.30. The molecule has 19 heteroatoms. The summed E-state index contributed by atoms with van der Waals surface area (Å²) in [5.41, 5.74) is 0. The van der Waals surface area contributed by atoms with Crippen LogP contribution < -0.4 is 0 Å². The Hall–Kier alpha value is -6.10. The molecule has 5 unspecified atom stereocenters. The normalized spacial score (nSPS) is 14.7. The SMILES string of the molecule is CC/C=C\C/C=C\C/C=C\C/C=C\C/C=C\CCCCCC(=O)OCC(COP(=O)(O)OCC(O)COP(=O)(O)OCC(COC(=O)CCCCCCCC/C=C\C/C=C\C/C=C\C/C=C\CC)OC(=O)CCCCCCCC/C=C\C/C=C\C/C=C\CCCCC)OC(=O)CCCC/C=C\C/C=C\C/C=C\C/C=C\CC. The molecule has 0 aliphatic carbocycles. The van der Waals surface area contributed by atoms with E-state index in [-0.39, 0.29) is 25.7 Å². The van der Waals surface area contributed by atoms with Crippen LogP contribution in [0.3, 0.4) is 0 Å². The van der Waals surface area contributed by atoms with Crippen molar-refractivity contribution in [2.24, 2.45) is 0 Å². The summed E-state index contributed by atoms with van der Waals surface area (Å²) >= 11 is 0. The third-order valence-electron chi connectivity index (χ3n) is 17.0. The van der Waals surface area contributed by atoms with E-state index in [9.17, 15) is 43.2 Å². The predicted molar refractivity (Wildman–Crippen MR) is 463 cm³/mol. The van der Waals surface area contributed by atoms with Crippen LogP contribution in [0, 0.1) is 0 Å². The van der Waals surface area contributed by atoms with Crippen LogP contribution in [-0.4, -0.2) is 96.7 Å². The molecule has 0 aliphatic rings. The lowest BCUT2D eigenvalue weighted by Crippen LogP contribution is -2.30. The maximum atomic E-state index is 13.2. The van der Waals surface area contributed by atoms with E-state index in [1.807, 2.05) is 0 Å². The Labute approximate surface area is 678 Å². The summed E-state index contributed by atoms with van der Waals surface area (Å²) in [4.78, 5) is 73.3. The number of ether oxygens (including phenoxy) is 4. The van der Waals surface area contributed by atoms with Crippen molar-refractivity contribution >= 4 is 39.5 Å². The molecule has 0 aromatic carbocycles.